The SMILES string of the molecule is CC(Cl)C(=O)NCC(=O)NCc1ccccc1. The van der Waals surface area contributed by atoms with Crippen LogP contribution in [-0.4, -0.2) is 23.7 Å². The third-order valence-electron chi connectivity index (χ3n) is 2.12. The van der Waals surface area contributed by atoms with Gasteiger partial charge in [-0.15, -0.1) is 11.6 Å². The van der Waals surface area contributed by atoms with Gasteiger partial charge in [0.05, 0.1) is 6.54 Å². The first-order chi connectivity index (χ1) is 8.09. The van der Waals surface area contributed by atoms with Crippen LogP contribution in [0.2, 0.25) is 0 Å². The van der Waals surface area contributed by atoms with E-state index in [4.69, 9.17) is 11.6 Å². The maximum absolute atomic E-state index is 11.4. The van der Waals surface area contributed by atoms with Crippen molar-refractivity contribution in [3.05, 3.63) is 35.9 Å². The Balaban J connectivity index is 2.24. The van der Waals surface area contributed by atoms with Crippen molar-refractivity contribution in [1.82, 2.24) is 10.6 Å². The molecule has 0 aromatic heterocycles. The van der Waals surface area contributed by atoms with Crippen molar-refractivity contribution in [3.63, 3.8) is 0 Å². The lowest BCUT2D eigenvalue weighted by atomic mass is 10.2. The summed E-state index contributed by atoms with van der Waals surface area (Å²) in [4.78, 5) is 22.5. The van der Waals surface area contributed by atoms with Crippen LogP contribution < -0.4 is 10.6 Å². The fourth-order valence-electron chi connectivity index (χ4n) is 1.17. The molecule has 2 amide bonds. The summed E-state index contributed by atoms with van der Waals surface area (Å²) in [6.07, 6.45) is 0. The zero-order chi connectivity index (χ0) is 12.7. The quantitative estimate of drug-likeness (QED) is 0.772. The van der Waals surface area contributed by atoms with Crippen LogP contribution in [0.1, 0.15) is 12.5 Å². The van der Waals surface area contributed by atoms with Gasteiger partial charge in [-0.2, -0.15) is 0 Å². The van der Waals surface area contributed by atoms with E-state index in [1.807, 2.05) is 30.3 Å². The molecule has 0 radical (unpaired) electrons. The number of nitrogens with one attached hydrogen (secondary N) is 2. The molecule has 0 aliphatic heterocycles. The highest BCUT2D eigenvalue weighted by Crippen LogP contribution is 1.96. The average Bonchev–Trinajstić information content (AvgIpc) is 2.34. The first-order valence-corrected chi connectivity index (χ1v) is 5.75. The van der Waals surface area contributed by atoms with Gasteiger partial charge in [-0.1, -0.05) is 30.3 Å². The molecule has 5 heteroatoms. The maximum atomic E-state index is 11.4. The van der Waals surface area contributed by atoms with Crippen molar-refractivity contribution in [2.45, 2.75) is 18.8 Å². The lowest BCUT2D eigenvalue weighted by Crippen LogP contribution is -2.39. The van der Waals surface area contributed by atoms with Crippen LogP contribution in [0.25, 0.3) is 0 Å². The van der Waals surface area contributed by atoms with E-state index in [-0.39, 0.29) is 18.4 Å². The van der Waals surface area contributed by atoms with Gasteiger partial charge in [0.2, 0.25) is 11.8 Å². The first kappa shape index (κ1) is 13.5. The molecule has 1 atom stereocenters. The lowest BCUT2D eigenvalue weighted by Gasteiger charge is -2.07. The van der Waals surface area contributed by atoms with E-state index < -0.39 is 5.38 Å². The Hall–Kier alpha value is -1.55. The summed E-state index contributed by atoms with van der Waals surface area (Å²) >= 11 is 5.54. The molecule has 2 N–H and O–H groups in total. The number of hydrogen-bond acceptors (Lipinski definition) is 2. The molecule has 0 aliphatic carbocycles. The monoisotopic (exact) mass is 254 g/mol. The van der Waals surface area contributed by atoms with Gasteiger partial charge in [0.1, 0.15) is 5.38 Å². The molecule has 1 unspecified atom stereocenters. The van der Waals surface area contributed by atoms with Crippen LogP contribution in [0.4, 0.5) is 0 Å². The Kier molecular flexibility index (Phi) is 5.49. The fourth-order valence-corrected chi connectivity index (χ4v) is 1.24. The summed E-state index contributed by atoms with van der Waals surface area (Å²) in [5.41, 5.74) is 1.01. The summed E-state index contributed by atoms with van der Waals surface area (Å²) in [5.74, 6) is -0.582. The summed E-state index contributed by atoms with van der Waals surface area (Å²) in [7, 11) is 0. The molecule has 92 valence electrons. The van der Waals surface area contributed by atoms with Gasteiger partial charge in [0, 0.05) is 6.54 Å². The van der Waals surface area contributed by atoms with Crippen LogP contribution in [0.3, 0.4) is 0 Å². The van der Waals surface area contributed by atoms with Gasteiger partial charge >= 0.3 is 0 Å². The number of carbonyl (C=O) groups excluding carboxylic acids is 2. The number of alkyl halides is 1. The third kappa shape index (κ3) is 5.36. The van der Waals surface area contributed by atoms with Crippen molar-refractivity contribution >= 4 is 23.4 Å². The number of halogens is 1. The van der Waals surface area contributed by atoms with Gasteiger partial charge < -0.3 is 10.6 Å². The second kappa shape index (κ2) is 6.91. The first-order valence-electron chi connectivity index (χ1n) is 5.32. The van der Waals surface area contributed by atoms with Crippen LogP contribution in [0.5, 0.6) is 0 Å². The summed E-state index contributed by atoms with van der Waals surface area (Å²) in [5, 5.41) is 4.50. The zero-order valence-electron chi connectivity index (χ0n) is 9.57. The van der Waals surface area contributed by atoms with E-state index in [1.54, 1.807) is 6.92 Å². The summed E-state index contributed by atoms with van der Waals surface area (Å²) < 4.78 is 0. The molecular weight excluding hydrogens is 240 g/mol. The maximum Gasteiger partial charge on any atom is 0.239 e. The minimum Gasteiger partial charge on any atom is -0.350 e. The van der Waals surface area contributed by atoms with E-state index in [0.717, 1.165) is 5.56 Å². The highest BCUT2D eigenvalue weighted by Gasteiger charge is 2.09. The van der Waals surface area contributed by atoms with Crippen LogP contribution in [-0.2, 0) is 16.1 Å². The van der Waals surface area contributed by atoms with Crippen LogP contribution in [0.15, 0.2) is 30.3 Å². The number of benzene rings is 1. The topological polar surface area (TPSA) is 58.2 Å². The fraction of sp³-hybridized carbons (Fsp3) is 0.333. The molecule has 0 saturated heterocycles. The Morgan fingerprint density at radius 2 is 1.88 bits per heavy atom. The Bertz CT molecular complexity index is 379. The zero-order valence-corrected chi connectivity index (χ0v) is 10.3. The van der Waals surface area contributed by atoms with Crippen molar-refractivity contribution in [2.24, 2.45) is 0 Å². The molecule has 0 spiro atoms. The molecule has 1 aromatic rings. The minimum absolute atomic E-state index is 0.0529. The van der Waals surface area contributed by atoms with Gasteiger partial charge in [-0.05, 0) is 12.5 Å². The van der Waals surface area contributed by atoms with Gasteiger partial charge in [0.15, 0.2) is 0 Å². The van der Waals surface area contributed by atoms with E-state index in [2.05, 4.69) is 10.6 Å². The molecule has 0 bridgehead atoms. The summed E-state index contributed by atoms with van der Waals surface area (Å²) in [6, 6.07) is 9.55. The molecule has 1 aromatic carbocycles. The van der Waals surface area contributed by atoms with Crippen LogP contribution >= 0.6 is 11.6 Å². The molecule has 0 heterocycles. The van der Waals surface area contributed by atoms with Crippen molar-refractivity contribution < 1.29 is 9.59 Å². The lowest BCUT2D eigenvalue weighted by molar-refractivity contribution is -0.125. The van der Waals surface area contributed by atoms with E-state index in [9.17, 15) is 9.59 Å². The molecule has 0 fully saturated rings. The number of carbonyl (C=O) groups is 2. The minimum atomic E-state index is -0.628. The van der Waals surface area contributed by atoms with Gasteiger partial charge in [-0.25, -0.2) is 0 Å². The van der Waals surface area contributed by atoms with E-state index in [1.165, 1.54) is 0 Å². The number of amides is 2. The second-order valence-electron chi connectivity index (χ2n) is 3.60. The number of rotatable bonds is 5. The van der Waals surface area contributed by atoms with Crippen molar-refractivity contribution in [1.29, 1.82) is 0 Å². The van der Waals surface area contributed by atoms with Crippen molar-refractivity contribution in [3.8, 4) is 0 Å². The standard InChI is InChI=1S/C12H15ClN2O2/c1-9(13)12(17)15-8-11(16)14-7-10-5-3-2-4-6-10/h2-6,9H,7-8H2,1H3,(H,14,16)(H,15,17). The molecular formula is C12H15ClN2O2. The highest BCUT2D eigenvalue weighted by atomic mass is 35.5. The second-order valence-corrected chi connectivity index (χ2v) is 4.25. The van der Waals surface area contributed by atoms with Gasteiger partial charge in [-0.3, -0.25) is 9.59 Å². The summed E-state index contributed by atoms with van der Waals surface area (Å²) in [6.45, 7) is 1.95. The molecule has 4 nitrogen and oxygen atoms in total. The van der Waals surface area contributed by atoms with E-state index >= 15 is 0 Å². The Morgan fingerprint density at radius 1 is 1.24 bits per heavy atom. The average molecular weight is 255 g/mol. The molecule has 1 rings (SSSR count). The smallest absolute Gasteiger partial charge is 0.239 e. The molecule has 17 heavy (non-hydrogen) atoms. The highest BCUT2D eigenvalue weighted by molar-refractivity contribution is 6.30. The predicted molar refractivity (Wildman–Crippen MR) is 66.6 cm³/mol. The van der Waals surface area contributed by atoms with Crippen molar-refractivity contribution in [2.75, 3.05) is 6.54 Å². The predicted octanol–water partition coefficient (Wildman–Crippen LogP) is 1.05. The Labute approximate surface area is 105 Å². The van der Waals surface area contributed by atoms with Gasteiger partial charge in [0.25, 0.3) is 0 Å². The molecule has 0 aliphatic rings. The largest absolute Gasteiger partial charge is 0.350 e. The molecule has 0 saturated carbocycles. The van der Waals surface area contributed by atoms with Crippen LogP contribution in [0, 0.1) is 0 Å². The third-order valence-corrected chi connectivity index (χ3v) is 2.32. The van der Waals surface area contributed by atoms with E-state index in [0.29, 0.717) is 6.54 Å². The normalized spacial score (nSPS) is 11.6. The Morgan fingerprint density at radius 3 is 2.47 bits per heavy atom. The number of hydrogen-bond donors (Lipinski definition) is 2.